The van der Waals surface area contributed by atoms with Crippen LogP contribution in [-0.2, 0) is 0 Å². The second kappa shape index (κ2) is 5.34. The van der Waals surface area contributed by atoms with E-state index in [9.17, 15) is 4.39 Å². The third kappa shape index (κ3) is 2.97. The molecule has 1 aliphatic heterocycles. The van der Waals surface area contributed by atoms with Gasteiger partial charge in [0.15, 0.2) is 0 Å². The number of halogens is 2. The number of likely N-dealkylation sites (N-methyl/N-ethyl adjacent to an activating group) is 1. The third-order valence-electron chi connectivity index (χ3n) is 3.41. The van der Waals surface area contributed by atoms with Crippen LogP contribution in [0, 0.1) is 5.82 Å². The van der Waals surface area contributed by atoms with E-state index in [4.69, 9.17) is 17.3 Å². The van der Waals surface area contributed by atoms with Crippen LogP contribution < -0.4 is 5.73 Å². The number of hydrogen-bond acceptors (Lipinski definition) is 2. The molecular weight excluding hydrogens is 239 g/mol. The average Bonchev–Trinajstić information content (AvgIpc) is 2.38. The van der Waals surface area contributed by atoms with E-state index in [1.54, 1.807) is 0 Å². The van der Waals surface area contributed by atoms with Crippen LogP contribution in [0.3, 0.4) is 0 Å². The zero-order chi connectivity index (χ0) is 12.4. The van der Waals surface area contributed by atoms with Crippen LogP contribution in [0.4, 0.5) is 4.39 Å². The monoisotopic (exact) mass is 256 g/mol. The van der Waals surface area contributed by atoms with Crippen LogP contribution in [0.2, 0.25) is 5.02 Å². The van der Waals surface area contributed by atoms with Crippen molar-refractivity contribution in [3.05, 3.63) is 34.6 Å². The highest BCUT2D eigenvalue weighted by Crippen LogP contribution is 2.30. The van der Waals surface area contributed by atoms with Crippen molar-refractivity contribution in [1.82, 2.24) is 4.90 Å². The summed E-state index contributed by atoms with van der Waals surface area (Å²) in [5.74, 6) is -0.294. The molecule has 0 aliphatic carbocycles. The van der Waals surface area contributed by atoms with Crippen LogP contribution in [0.1, 0.15) is 30.9 Å². The van der Waals surface area contributed by atoms with E-state index >= 15 is 0 Å². The normalized spacial score (nSPS) is 26.8. The molecule has 0 amide bonds. The van der Waals surface area contributed by atoms with Gasteiger partial charge in [-0.3, -0.25) is 4.90 Å². The number of nitrogens with zero attached hydrogens (tertiary/aromatic N) is 1. The summed E-state index contributed by atoms with van der Waals surface area (Å²) in [6.07, 6.45) is 3.25. The molecule has 0 saturated carbocycles. The molecule has 1 heterocycles. The molecule has 0 spiro atoms. The molecule has 1 fully saturated rings. The highest BCUT2D eigenvalue weighted by molar-refractivity contribution is 6.30. The van der Waals surface area contributed by atoms with E-state index in [0.717, 1.165) is 31.4 Å². The third-order valence-corrected chi connectivity index (χ3v) is 3.62. The van der Waals surface area contributed by atoms with Crippen LogP contribution in [-0.4, -0.2) is 24.5 Å². The zero-order valence-electron chi connectivity index (χ0n) is 10.00. The lowest BCUT2D eigenvalue weighted by Gasteiger charge is -2.30. The van der Waals surface area contributed by atoms with Crippen LogP contribution in [0.25, 0.3) is 0 Å². The second-order valence-corrected chi connectivity index (χ2v) is 5.22. The maximum atomic E-state index is 13.4. The minimum absolute atomic E-state index is 0.0420. The van der Waals surface area contributed by atoms with E-state index in [1.807, 2.05) is 13.1 Å². The van der Waals surface area contributed by atoms with Gasteiger partial charge in [0.2, 0.25) is 0 Å². The SMILES string of the molecule is CN1CCCCC(N)C1c1cc(F)cc(Cl)c1. The summed E-state index contributed by atoms with van der Waals surface area (Å²) in [7, 11) is 2.04. The van der Waals surface area contributed by atoms with Gasteiger partial charge < -0.3 is 5.73 Å². The van der Waals surface area contributed by atoms with Crippen molar-refractivity contribution in [3.8, 4) is 0 Å². The van der Waals surface area contributed by atoms with Crippen molar-refractivity contribution in [2.75, 3.05) is 13.6 Å². The first-order valence-electron chi connectivity index (χ1n) is 6.00. The van der Waals surface area contributed by atoms with Gasteiger partial charge in [0.25, 0.3) is 0 Å². The molecule has 2 nitrogen and oxygen atoms in total. The van der Waals surface area contributed by atoms with Gasteiger partial charge in [-0.1, -0.05) is 18.0 Å². The van der Waals surface area contributed by atoms with E-state index < -0.39 is 0 Å². The van der Waals surface area contributed by atoms with Gasteiger partial charge in [-0.2, -0.15) is 0 Å². The molecule has 17 heavy (non-hydrogen) atoms. The standard InChI is InChI=1S/C13H18ClFN2/c1-17-5-3-2-4-12(16)13(17)9-6-10(14)8-11(15)7-9/h6-8,12-13H,2-5,16H2,1H3. The summed E-state index contributed by atoms with van der Waals surface area (Å²) >= 11 is 5.91. The molecule has 1 aromatic carbocycles. The summed E-state index contributed by atoms with van der Waals surface area (Å²) in [5.41, 5.74) is 7.08. The Morgan fingerprint density at radius 3 is 2.82 bits per heavy atom. The van der Waals surface area contributed by atoms with Crippen LogP contribution in [0.5, 0.6) is 0 Å². The lowest BCUT2D eigenvalue weighted by Crippen LogP contribution is -2.37. The minimum atomic E-state index is -0.294. The Kier molecular flexibility index (Phi) is 4.02. The van der Waals surface area contributed by atoms with Crippen molar-refractivity contribution >= 4 is 11.6 Å². The highest BCUT2D eigenvalue weighted by atomic mass is 35.5. The topological polar surface area (TPSA) is 29.3 Å². The van der Waals surface area contributed by atoms with E-state index in [-0.39, 0.29) is 17.9 Å². The quantitative estimate of drug-likeness (QED) is 0.837. The molecule has 94 valence electrons. The lowest BCUT2D eigenvalue weighted by molar-refractivity contribution is 0.229. The Hall–Kier alpha value is -0.640. The number of benzene rings is 1. The number of nitrogens with two attached hydrogens (primary N) is 1. The van der Waals surface area contributed by atoms with Gasteiger partial charge in [-0.05, 0) is 50.2 Å². The fourth-order valence-corrected chi connectivity index (χ4v) is 2.84. The maximum Gasteiger partial charge on any atom is 0.125 e. The van der Waals surface area contributed by atoms with Gasteiger partial charge in [-0.25, -0.2) is 4.39 Å². The minimum Gasteiger partial charge on any atom is -0.326 e. The predicted octanol–water partition coefficient (Wildman–Crippen LogP) is 2.96. The Balaban J connectivity index is 2.34. The van der Waals surface area contributed by atoms with Crippen molar-refractivity contribution in [1.29, 1.82) is 0 Å². The summed E-state index contributed by atoms with van der Waals surface area (Å²) in [6, 6.07) is 4.79. The van der Waals surface area contributed by atoms with E-state index in [0.29, 0.717) is 5.02 Å². The molecule has 1 aliphatic rings. The molecule has 2 rings (SSSR count). The predicted molar refractivity (Wildman–Crippen MR) is 68.6 cm³/mol. The van der Waals surface area contributed by atoms with Gasteiger partial charge >= 0.3 is 0 Å². The molecule has 1 saturated heterocycles. The molecular formula is C13H18ClFN2. The van der Waals surface area contributed by atoms with Crippen LogP contribution >= 0.6 is 11.6 Å². The molecule has 0 bridgehead atoms. The lowest BCUT2D eigenvalue weighted by atomic mass is 9.96. The Bertz CT molecular complexity index is 365. The van der Waals surface area contributed by atoms with E-state index in [1.165, 1.54) is 12.1 Å². The van der Waals surface area contributed by atoms with Crippen molar-refractivity contribution in [2.24, 2.45) is 5.73 Å². The first-order valence-corrected chi connectivity index (χ1v) is 6.37. The van der Waals surface area contributed by atoms with Gasteiger partial charge in [-0.15, -0.1) is 0 Å². The van der Waals surface area contributed by atoms with Gasteiger partial charge in [0.05, 0.1) is 0 Å². The molecule has 2 unspecified atom stereocenters. The van der Waals surface area contributed by atoms with Gasteiger partial charge in [0, 0.05) is 17.1 Å². The Morgan fingerprint density at radius 2 is 2.12 bits per heavy atom. The molecule has 0 aromatic heterocycles. The van der Waals surface area contributed by atoms with Crippen molar-refractivity contribution in [3.63, 3.8) is 0 Å². The molecule has 1 aromatic rings. The fraction of sp³-hybridized carbons (Fsp3) is 0.538. The second-order valence-electron chi connectivity index (χ2n) is 4.79. The largest absolute Gasteiger partial charge is 0.326 e. The number of rotatable bonds is 1. The first-order chi connectivity index (χ1) is 8.08. The Morgan fingerprint density at radius 1 is 1.35 bits per heavy atom. The number of hydrogen-bond donors (Lipinski definition) is 1. The summed E-state index contributed by atoms with van der Waals surface area (Å²) in [6.45, 7) is 0.993. The molecule has 2 atom stereocenters. The van der Waals surface area contributed by atoms with Crippen molar-refractivity contribution < 1.29 is 4.39 Å². The van der Waals surface area contributed by atoms with Crippen LogP contribution in [0.15, 0.2) is 18.2 Å². The summed E-state index contributed by atoms with van der Waals surface area (Å²) in [4.78, 5) is 2.20. The maximum absolute atomic E-state index is 13.4. The smallest absolute Gasteiger partial charge is 0.125 e. The zero-order valence-corrected chi connectivity index (χ0v) is 10.8. The Labute approximate surface area is 107 Å². The van der Waals surface area contributed by atoms with Gasteiger partial charge in [0.1, 0.15) is 5.82 Å². The van der Waals surface area contributed by atoms with E-state index in [2.05, 4.69) is 4.90 Å². The highest BCUT2D eigenvalue weighted by Gasteiger charge is 2.26. The summed E-state index contributed by atoms with van der Waals surface area (Å²) < 4.78 is 13.4. The van der Waals surface area contributed by atoms with Crippen molar-refractivity contribution in [2.45, 2.75) is 31.3 Å². The molecule has 2 N–H and O–H groups in total. The summed E-state index contributed by atoms with van der Waals surface area (Å²) in [5, 5.41) is 0.435. The molecule has 0 radical (unpaired) electrons. The number of likely N-dealkylation sites (tertiary alicyclic amines) is 1. The average molecular weight is 257 g/mol. The fourth-order valence-electron chi connectivity index (χ4n) is 2.61. The first kappa shape index (κ1) is 12.8. The molecule has 4 heteroatoms.